The fourth-order valence-electron chi connectivity index (χ4n) is 6.67. The van der Waals surface area contributed by atoms with Crippen LogP contribution >= 0.6 is 22.7 Å². The number of ketones is 5. The fraction of sp³-hybridized carbons (Fsp3) is 0.541. The lowest BCUT2D eigenvalue weighted by atomic mass is 10.1. The molecule has 17 nitrogen and oxygen atoms in total. The summed E-state index contributed by atoms with van der Waals surface area (Å²) in [5, 5.41) is 13.2. The minimum atomic E-state index is -1.07. The Labute approximate surface area is 329 Å². The summed E-state index contributed by atoms with van der Waals surface area (Å²) in [4.78, 5) is 129. The van der Waals surface area contributed by atoms with Gasteiger partial charge in [-0.2, -0.15) is 0 Å². The summed E-state index contributed by atoms with van der Waals surface area (Å²) in [6, 6.07) is 0.612. The third-order valence-electron chi connectivity index (χ3n) is 10.2. The van der Waals surface area contributed by atoms with Crippen LogP contribution in [0.4, 0.5) is 0 Å². The maximum Gasteiger partial charge on any atom is 0.263 e. The van der Waals surface area contributed by atoms with E-state index in [9.17, 15) is 43.2 Å². The Bertz CT molecular complexity index is 2060. The van der Waals surface area contributed by atoms with Crippen molar-refractivity contribution >= 4 is 86.6 Å². The predicted octanol–water partition coefficient (Wildman–Crippen LogP) is -2.02. The summed E-state index contributed by atoms with van der Waals surface area (Å²) in [6.07, 6.45) is 4.67. The zero-order valence-electron chi connectivity index (χ0n) is 31.1. The van der Waals surface area contributed by atoms with E-state index in [-0.39, 0.29) is 53.4 Å². The van der Waals surface area contributed by atoms with Crippen LogP contribution in [-0.2, 0) is 35.3 Å². The summed E-state index contributed by atoms with van der Waals surface area (Å²) < 4.78 is 0. The first-order valence-corrected chi connectivity index (χ1v) is 20.4. The van der Waals surface area contributed by atoms with Gasteiger partial charge in [0.1, 0.15) is 41.3 Å². The van der Waals surface area contributed by atoms with E-state index >= 15 is 0 Å². The number of hydrogen-bond acceptors (Lipinski definition) is 13. The van der Waals surface area contributed by atoms with Gasteiger partial charge >= 0.3 is 0 Å². The summed E-state index contributed by atoms with van der Waals surface area (Å²) in [5.41, 5.74) is -0.585. The van der Waals surface area contributed by atoms with Gasteiger partial charge in [0, 0.05) is 36.4 Å². The Morgan fingerprint density at radius 1 is 0.679 bits per heavy atom. The number of thiazole rings is 2. The molecule has 2 aliphatic heterocycles. The molecule has 0 saturated heterocycles. The topological polar surface area (TPSA) is 255 Å². The normalized spacial score (nSPS) is 19.9. The van der Waals surface area contributed by atoms with Gasteiger partial charge in [-0.15, -0.1) is 22.7 Å². The third-order valence-corrected chi connectivity index (χ3v) is 11.9. The molecule has 0 bridgehead atoms. The van der Waals surface area contributed by atoms with Crippen molar-refractivity contribution in [3.8, 4) is 0 Å². The summed E-state index contributed by atoms with van der Waals surface area (Å²) in [7, 11) is 0. The van der Waals surface area contributed by atoms with E-state index in [0.717, 1.165) is 59.8 Å². The third kappa shape index (κ3) is 10.2. The molecule has 4 aliphatic rings. The number of nitrogens with zero attached hydrogens (tertiary/aromatic N) is 2. The molecule has 2 aromatic heterocycles. The zero-order valence-corrected chi connectivity index (χ0v) is 32.7. The van der Waals surface area contributed by atoms with E-state index < -0.39 is 65.4 Å². The van der Waals surface area contributed by atoms with Crippen molar-refractivity contribution in [2.75, 3.05) is 6.54 Å². The number of carbonyl (C=O) groups excluding carboxylic acids is 9. The van der Waals surface area contributed by atoms with E-state index in [1.165, 1.54) is 10.8 Å². The molecule has 2 saturated carbocycles. The number of hydrogen-bond donors (Lipinski definition) is 6. The molecule has 6 N–H and O–H groups in total. The zero-order chi connectivity index (χ0) is 40.2. The van der Waals surface area contributed by atoms with E-state index in [4.69, 9.17) is 0 Å². The van der Waals surface area contributed by atoms with E-state index in [1.54, 1.807) is 0 Å². The van der Waals surface area contributed by atoms with Crippen LogP contribution in [0.15, 0.2) is 10.8 Å². The molecule has 0 unspecified atom stereocenters. The van der Waals surface area contributed by atoms with Gasteiger partial charge < -0.3 is 21.3 Å². The molecule has 56 heavy (non-hydrogen) atoms. The van der Waals surface area contributed by atoms with Crippen molar-refractivity contribution < 1.29 is 53.1 Å². The Balaban J connectivity index is 0.906. The highest BCUT2D eigenvalue weighted by Gasteiger charge is 2.52. The van der Waals surface area contributed by atoms with Crippen molar-refractivity contribution in [2.24, 2.45) is 0 Å². The number of aromatic nitrogens is 2. The number of rotatable bonds is 20. The van der Waals surface area contributed by atoms with Crippen LogP contribution in [0.3, 0.4) is 0 Å². The second kappa shape index (κ2) is 16.9. The van der Waals surface area contributed by atoms with Crippen LogP contribution < -0.4 is 31.3 Å². The van der Waals surface area contributed by atoms with Crippen LogP contribution in [0.1, 0.15) is 127 Å². The van der Waals surface area contributed by atoms with E-state index in [2.05, 4.69) is 41.2 Å². The highest BCUT2D eigenvalue weighted by molar-refractivity contribution is 7.13. The summed E-state index contributed by atoms with van der Waals surface area (Å²) in [6.45, 7) is 3.46. The standard InChI is InChI=1S/C37H42N8O9S2/c1-19-3-5-21(40-19)11-30(51)44-36(7-8-36)26(47)13-28(49)38-15-25(46)23-17-56-35(43-23)34(54)33(53)24-18-55-32(42-24)16-39-29(50)14-27(48)37(9-10-37)45-31(52)12-22-6-4-20(2)41-22/h17-20H,3-16H2,1-2H3,(H,38,49)(H,39,50)(H,44,51)(H,45,52)/p+2/t19-,20-/m0/s1. The smallest absolute Gasteiger partial charge is 0.263 e. The predicted molar refractivity (Wildman–Crippen MR) is 200 cm³/mol. The van der Waals surface area contributed by atoms with Gasteiger partial charge in [-0.25, -0.2) is 20.0 Å². The Kier molecular flexibility index (Phi) is 12.2. The van der Waals surface area contributed by atoms with Crippen LogP contribution in [0.2, 0.25) is 0 Å². The molecule has 2 aliphatic carbocycles. The number of nitrogens with one attached hydrogen (secondary N) is 6. The molecular formula is C37H44N8O9S2+2. The molecule has 2 atom stereocenters. The Hall–Kier alpha value is -5.17. The van der Waals surface area contributed by atoms with Gasteiger partial charge in [0.15, 0.2) is 28.0 Å². The van der Waals surface area contributed by atoms with Gasteiger partial charge in [0.05, 0.1) is 37.0 Å². The Morgan fingerprint density at radius 2 is 1.20 bits per heavy atom. The van der Waals surface area contributed by atoms with Crippen molar-refractivity contribution in [3.63, 3.8) is 0 Å². The Morgan fingerprint density at radius 3 is 1.70 bits per heavy atom. The molecule has 2 aromatic rings. The maximum atomic E-state index is 12.9. The molecule has 0 spiro atoms. The van der Waals surface area contributed by atoms with E-state index in [0.29, 0.717) is 42.8 Å². The fourth-order valence-corrected chi connectivity index (χ4v) is 8.14. The van der Waals surface area contributed by atoms with Crippen LogP contribution in [-0.4, -0.2) is 104 Å². The first-order chi connectivity index (χ1) is 26.6. The average molecular weight is 809 g/mol. The van der Waals surface area contributed by atoms with Crippen LogP contribution in [0, 0.1) is 0 Å². The van der Waals surface area contributed by atoms with Crippen molar-refractivity contribution in [1.82, 2.24) is 31.2 Å². The summed E-state index contributed by atoms with van der Waals surface area (Å²) in [5.74, 6) is -5.27. The quantitative estimate of drug-likeness (QED) is 0.0484. The number of amides is 4. The molecule has 4 heterocycles. The summed E-state index contributed by atoms with van der Waals surface area (Å²) >= 11 is 1.79. The molecule has 296 valence electrons. The largest absolute Gasteiger partial charge is 0.349 e. The molecule has 4 amide bonds. The van der Waals surface area contributed by atoms with E-state index in [1.807, 2.05) is 13.8 Å². The lowest BCUT2D eigenvalue weighted by Gasteiger charge is -2.15. The highest BCUT2D eigenvalue weighted by Crippen LogP contribution is 2.38. The second-order valence-corrected chi connectivity index (χ2v) is 16.8. The van der Waals surface area contributed by atoms with Gasteiger partial charge in [-0.05, 0) is 39.5 Å². The van der Waals surface area contributed by atoms with Crippen molar-refractivity contribution in [2.45, 2.75) is 121 Å². The molecular weight excluding hydrogens is 765 g/mol. The monoisotopic (exact) mass is 808 g/mol. The first kappa shape index (κ1) is 40.5. The van der Waals surface area contributed by atoms with Crippen molar-refractivity contribution in [1.29, 1.82) is 0 Å². The van der Waals surface area contributed by atoms with Gasteiger partial charge in [0.25, 0.3) is 11.6 Å². The minimum absolute atomic E-state index is 0.0979. The SMILES string of the molecule is C[C@H]1CCC(CC(=O)NC2(C(=O)CC(=O)NCC(=O)c3csc(C(=O)C(=O)c4csc(CNC(=O)CC(=O)C5(NC(=O)CC6=[NH+][C@@H](C)CC6)CC5)n4)n3)CC2)=[NH+]1. The average Bonchev–Trinajstić information content (AvgIpc) is 3.76. The molecule has 6 rings (SSSR count). The molecule has 19 heteroatoms. The first-order valence-electron chi connectivity index (χ1n) is 18.6. The van der Waals surface area contributed by atoms with Gasteiger partial charge in [-0.3, -0.25) is 43.2 Å². The maximum absolute atomic E-state index is 12.9. The second-order valence-electron chi connectivity index (χ2n) is 15.0. The van der Waals surface area contributed by atoms with Gasteiger partial charge in [0.2, 0.25) is 29.4 Å². The molecule has 2 fully saturated rings. The van der Waals surface area contributed by atoms with Crippen LogP contribution in [0.5, 0.6) is 0 Å². The van der Waals surface area contributed by atoms with Crippen molar-refractivity contribution in [3.05, 3.63) is 32.2 Å². The number of carbonyl (C=O) groups is 9. The molecule has 0 radical (unpaired) electrons. The molecule has 0 aromatic carbocycles. The minimum Gasteiger partial charge on any atom is -0.349 e. The highest BCUT2D eigenvalue weighted by atomic mass is 32.1. The lowest BCUT2D eigenvalue weighted by Crippen LogP contribution is -2.75. The van der Waals surface area contributed by atoms with Gasteiger partial charge in [-0.1, -0.05) is 0 Å². The number of Topliss-reactive ketones (excluding diaryl/α,β-unsaturated/α-hetero) is 5. The lowest BCUT2D eigenvalue weighted by molar-refractivity contribution is -0.489. The van der Waals surface area contributed by atoms with Crippen LogP contribution in [0.25, 0.3) is 0 Å².